The summed E-state index contributed by atoms with van der Waals surface area (Å²) in [6.45, 7) is 0.810. The van der Waals surface area contributed by atoms with E-state index in [1.54, 1.807) is 11.8 Å². The minimum absolute atomic E-state index is 0.0344. The molecule has 1 aliphatic heterocycles. The molecule has 1 aliphatic carbocycles. The predicted octanol–water partition coefficient (Wildman–Crippen LogP) is 2.01. The number of amides is 1. The highest BCUT2D eigenvalue weighted by Gasteiger charge is 2.16. The Morgan fingerprint density at radius 3 is 3.00 bits per heavy atom. The van der Waals surface area contributed by atoms with E-state index < -0.39 is 0 Å². The van der Waals surface area contributed by atoms with E-state index in [1.807, 2.05) is 12.1 Å². The van der Waals surface area contributed by atoms with Crippen LogP contribution in [0.5, 0.6) is 0 Å². The lowest BCUT2D eigenvalue weighted by molar-refractivity contribution is 0.0978. The zero-order chi connectivity index (χ0) is 11.7. The highest BCUT2D eigenvalue weighted by atomic mass is 32.2. The van der Waals surface area contributed by atoms with Gasteiger partial charge in [0.25, 0.3) is 5.91 Å². The molecule has 0 radical (unpaired) electrons. The van der Waals surface area contributed by atoms with Gasteiger partial charge in [0.05, 0.1) is 6.54 Å². The molecule has 1 aromatic rings. The van der Waals surface area contributed by atoms with Crippen LogP contribution in [0.1, 0.15) is 27.9 Å². The first-order chi connectivity index (χ1) is 8.33. The summed E-state index contributed by atoms with van der Waals surface area (Å²) in [7, 11) is 0. The number of carbonyl (C=O) groups is 1. The predicted molar refractivity (Wildman–Crippen MR) is 70.7 cm³/mol. The van der Waals surface area contributed by atoms with E-state index in [0.29, 0.717) is 0 Å². The van der Waals surface area contributed by atoms with Crippen LogP contribution in [-0.2, 0) is 12.8 Å². The number of nitrogens with one attached hydrogen (secondary N) is 1. The molecule has 0 aromatic heterocycles. The number of carbonyl (C=O) groups excluding carboxylic acids is 1. The maximum Gasteiger partial charge on any atom is 0.257 e. The summed E-state index contributed by atoms with van der Waals surface area (Å²) in [5.41, 5.74) is 3.48. The van der Waals surface area contributed by atoms with Crippen LogP contribution in [0.2, 0.25) is 0 Å². The van der Waals surface area contributed by atoms with E-state index in [1.165, 1.54) is 17.5 Å². The van der Waals surface area contributed by atoms with Gasteiger partial charge in [-0.3, -0.25) is 9.79 Å². The Bertz CT molecular complexity index is 496. The lowest BCUT2D eigenvalue weighted by Gasteiger charge is -2.06. The van der Waals surface area contributed by atoms with E-state index in [-0.39, 0.29) is 5.91 Å². The second kappa shape index (κ2) is 4.53. The largest absolute Gasteiger partial charge is 0.301 e. The number of aliphatic imine (C=N–C) groups is 1. The van der Waals surface area contributed by atoms with Crippen LogP contribution < -0.4 is 5.32 Å². The van der Waals surface area contributed by atoms with Crippen molar-refractivity contribution in [2.24, 2.45) is 4.99 Å². The molecule has 1 amide bonds. The maximum atomic E-state index is 12.0. The molecule has 17 heavy (non-hydrogen) atoms. The first-order valence-corrected chi connectivity index (χ1v) is 6.92. The fraction of sp³-hybridized carbons (Fsp3) is 0.385. The molecule has 88 valence electrons. The molecule has 3 nitrogen and oxygen atoms in total. The van der Waals surface area contributed by atoms with Gasteiger partial charge in [-0.1, -0.05) is 17.8 Å². The molecule has 0 fully saturated rings. The summed E-state index contributed by atoms with van der Waals surface area (Å²) >= 11 is 1.61. The molecule has 3 rings (SSSR count). The van der Waals surface area contributed by atoms with E-state index in [2.05, 4.69) is 16.4 Å². The average Bonchev–Trinajstić information content (AvgIpc) is 2.97. The summed E-state index contributed by atoms with van der Waals surface area (Å²) in [6.07, 6.45) is 3.47. The van der Waals surface area contributed by atoms with Crippen molar-refractivity contribution < 1.29 is 4.79 Å². The van der Waals surface area contributed by atoms with Gasteiger partial charge in [-0.25, -0.2) is 0 Å². The van der Waals surface area contributed by atoms with Crippen molar-refractivity contribution in [3.63, 3.8) is 0 Å². The van der Waals surface area contributed by atoms with Gasteiger partial charge in [0.2, 0.25) is 0 Å². The Morgan fingerprint density at radius 1 is 1.29 bits per heavy atom. The number of hydrogen-bond donors (Lipinski definition) is 1. The van der Waals surface area contributed by atoms with E-state index in [4.69, 9.17) is 0 Å². The van der Waals surface area contributed by atoms with E-state index in [0.717, 1.165) is 35.9 Å². The highest BCUT2D eigenvalue weighted by molar-refractivity contribution is 8.14. The molecule has 1 N–H and O–H groups in total. The number of amidine groups is 1. The molecular weight excluding hydrogens is 232 g/mol. The Labute approximate surface area is 105 Å². The molecule has 0 spiro atoms. The van der Waals surface area contributed by atoms with Crippen LogP contribution >= 0.6 is 11.8 Å². The summed E-state index contributed by atoms with van der Waals surface area (Å²) in [5.74, 6) is 0.938. The average molecular weight is 246 g/mol. The first kappa shape index (κ1) is 10.8. The summed E-state index contributed by atoms with van der Waals surface area (Å²) in [4.78, 5) is 16.2. The smallest absolute Gasteiger partial charge is 0.257 e. The molecule has 0 bridgehead atoms. The maximum absolute atomic E-state index is 12.0. The minimum Gasteiger partial charge on any atom is -0.301 e. The summed E-state index contributed by atoms with van der Waals surface area (Å²) in [5, 5.41) is 3.62. The van der Waals surface area contributed by atoms with Gasteiger partial charge in [0, 0.05) is 11.3 Å². The quantitative estimate of drug-likeness (QED) is 0.823. The van der Waals surface area contributed by atoms with Crippen molar-refractivity contribution in [2.75, 3.05) is 12.3 Å². The van der Waals surface area contributed by atoms with Crippen molar-refractivity contribution in [2.45, 2.75) is 19.3 Å². The van der Waals surface area contributed by atoms with Crippen LogP contribution in [-0.4, -0.2) is 23.4 Å². The van der Waals surface area contributed by atoms with Crippen molar-refractivity contribution in [3.8, 4) is 0 Å². The number of aryl methyl sites for hydroxylation is 2. The Balaban J connectivity index is 1.77. The van der Waals surface area contributed by atoms with Gasteiger partial charge in [-0.15, -0.1) is 0 Å². The third-order valence-corrected chi connectivity index (χ3v) is 4.06. The second-order valence-corrected chi connectivity index (χ2v) is 5.41. The third kappa shape index (κ3) is 2.22. The van der Waals surface area contributed by atoms with Crippen molar-refractivity contribution in [1.82, 2.24) is 5.32 Å². The lowest BCUT2D eigenvalue weighted by atomic mass is 10.1. The van der Waals surface area contributed by atoms with Gasteiger partial charge < -0.3 is 5.32 Å². The zero-order valence-corrected chi connectivity index (χ0v) is 10.3. The Kier molecular flexibility index (Phi) is 2.89. The molecule has 0 saturated heterocycles. The van der Waals surface area contributed by atoms with Gasteiger partial charge in [-0.05, 0) is 42.5 Å². The number of nitrogens with zero attached hydrogens (tertiary/aromatic N) is 1. The normalized spacial score (nSPS) is 17.8. The van der Waals surface area contributed by atoms with Gasteiger partial charge in [-0.2, -0.15) is 0 Å². The van der Waals surface area contributed by atoms with Crippen molar-refractivity contribution in [1.29, 1.82) is 0 Å². The van der Waals surface area contributed by atoms with Crippen LogP contribution in [0.3, 0.4) is 0 Å². The molecule has 1 heterocycles. The molecule has 2 aliphatic rings. The van der Waals surface area contributed by atoms with Gasteiger partial charge >= 0.3 is 0 Å². The molecule has 0 unspecified atom stereocenters. The fourth-order valence-corrected chi connectivity index (χ4v) is 3.02. The summed E-state index contributed by atoms with van der Waals surface area (Å²) in [6, 6.07) is 6.03. The minimum atomic E-state index is -0.0344. The van der Waals surface area contributed by atoms with Gasteiger partial charge in [0.1, 0.15) is 0 Å². The Morgan fingerprint density at radius 2 is 2.18 bits per heavy atom. The van der Waals surface area contributed by atoms with E-state index >= 15 is 0 Å². The van der Waals surface area contributed by atoms with Crippen LogP contribution in [0.15, 0.2) is 23.2 Å². The molecule has 1 aromatic carbocycles. The van der Waals surface area contributed by atoms with Crippen molar-refractivity contribution >= 4 is 22.8 Å². The monoisotopic (exact) mass is 246 g/mol. The van der Waals surface area contributed by atoms with Crippen molar-refractivity contribution in [3.05, 3.63) is 34.9 Å². The van der Waals surface area contributed by atoms with Gasteiger partial charge in [0.15, 0.2) is 5.17 Å². The standard InChI is InChI=1S/C13H14N2OS/c16-12(15-13-14-6-7-17-13)11-5-4-9-2-1-3-10(9)8-11/h4-5,8H,1-3,6-7H2,(H,14,15,16). The number of benzene rings is 1. The molecule has 0 atom stereocenters. The van der Waals surface area contributed by atoms with Crippen LogP contribution in [0.25, 0.3) is 0 Å². The number of hydrogen-bond acceptors (Lipinski definition) is 3. The van der Waals surface area contributed by atoms with Crippen LogP contribution in [0, 0.1) is 0 Å². The molecular formula is C13H14N2OS. The second-order valence-electron chi connectivity index (χ2n) is 4.33. The molecule has 0 saturated carbocycles. The Hall–Kier alpha value is -1.29. The van der Waals surface area contributed by atoms with E-state index in [9.17, 15) is 4.79 Å². The molecule has 4 heteroatoms. The zero-order valence-electron chi connectivity index (χ0n) is 9.53. The SMILES string of the molecule is O=C(NC1=NCCS1)c1ccc2c(c1)CCC2. The third-order valence-electron chi connectivity index (χ3n) is 3.17. The topological polar surface area (TPSA) is 41.5 Å². The number of thioether (sulfide) groups is 1. The highest BCUT2D eigenvalue weighted by Crippen LogP contribution is 2.23. The van der Waals surface area contributed by atoms with Crippen LogP contribution in [0.4, 0.5) is 0 Å². The first-order valence-electron chi connectivity index (χ1n) is 5.93. The summed E-state index contributed by atoms with van der Waals surface area (Å²) < 4.78 is 0. The number of fused-ring (bicyclic) bond motifs is 1. The fourth-order valence-electron chi connectivity index (χ4n) is 2.29. The number of rotatable bonds is 1. The lowest BCUT2D eigenvalue weighted by Crippen LogP contribution is -2.27.